The van der Waals surface area contributed by atoms with E-state index in [0.717, 1.165) is 61.7 Å². The summed E-state index contributed by atoms with van der Waals surface area (Å²) in [5.74, 6) is 0. The first-order chi connectivity index (χ1) is 11.4. The molecule has 4 rings (SSSR count). The molecule has 0 radical (unpaired) electrons. The monoisotopic (exact) mass is 420 g/mol. The van der Waals surface area contributed by atoms with Gasteiger partial charge in [-0.1, -0.05) is 0 Å². The van der Waals surface area contributed by atoms with Crippen molar-refractivity contribution in [1.82, 2.24) is 0 Å². The van der Waals surface area contributed by atoms with Crippen LogP contribution in [0.3, 0.4) is 0 Å². The van der Waals surface area contributed by atoms with Crippen LogP contribution in [0.1, 0.15) is 0 Å². The van der Waals surface area contributed by atoms with E-state index in [-0.39, 0.29) is 0 Å². The number of fused-ring (bicyclic) bond motifs is 6. The van der Waals surface area contributed by atoms with E-state index in [1.807, 2.05) is 0 Å². The van der Waals surface area contributed by atoms with E-state index in [1.54, 1.807) is 0 Å². The maximum Gasteiger partial charge on any atom is 0.0180 e. The zero-order valence-electron chi connectivity index (χ0n) is 12.1. The van der Waals surface area contributed by atoms with Gasteiger partial charge in [-0.3, -0.25) is 0 Å². The third-order valence-corrected chi connectivity index (χ3v) is 6.96. The molecular weight excluding hydrogens is 409 g/mol. The minimum absolute atomic E-state index is 0.846. The number of thiol groups is 6. The van der Waals surface area contributed by atoms with E-state index in [0.29, 0.717) is 0 Å². The van der Waals surface area contributed by atoms with Crippen LogP contribution in [0.25, 0.3) is 32.3 Å². The molecule has 0 aliphatic heterocycles. The maximum atomic E-state index is 4.54. The molecule has 0 heterocycles. The van der Waals surface area contributed by atoms with E-state index in [9.17, 15) is 0 Å². The Balaban J connectivity index is 2.40. The normalized spacial score (nSPS) is 11.8. The lowest BCUT2D eigenvalue weighted by molar-refractivity contribution is 1.28. The summed E-state index contributed by atoms with van der Waals surface area (Å²) in [5, 5.41) is 6.69. The largest absolute Gasteiger partial charge is 0.142 e. The Morgan fingerprint density at radius 2 is 0.417 bits per heavy atom. The average Bonchev–Trinajstić information content (AvgIpc) is 2.53. The van der Waals surface area contributed by atoms with Gasteiger partial charge < -0.3 is 0 Å². The van der Waals surface area contributed by atoms with Crippen LogP contribution in [0.2, 0.25) is 0 Å². The van der Waals surface area contributed by atoms with Crippen LogP contribution in [0.4, 0.5) is 0 Å². The van der Waals surface area contributed by atoms with Gasteiger partial charge >= 0.3 is 0 Å². The van der Waals surface area contributed by atoms with Crippen LogP contribution >= 0.6 is 75.8 Å². The molecule has 0 nitrogen and oxygen atoms in total. The lowest BCUT2D eigenvalue weighted by atomic mass is 9.94. The van der Waals surface area contributed by atoms with Crippen LogP contribution in [-0.4, -0.2) is 0 Å². The summed E-state index contributed by atoms with van der Waals surface area (Å²) in [5.41, 5.74) is 0. The summed E-state index contributed by atoms with van der Waals surface area (Å²) >= 11 is 27.2. The van der Waals surface area contributed by atoms with E-state index in [4.69, 9.17) is 0 Å². The molecule has 0 bridgehead atoms. The second kappa shape index (κ2) is 6.18. The highest BCUT2D eigenvalue weighted by atomic mass is 32.1. The SMILES string of the molecule is Sc1cc2c3cc(S)c(S)cc3c3cc(S)c(S)cc3c2cc1S. The highest BCUT2D eigenvalue weighted by Crippen LogP contribution is 2.41. The third kappa shape index (κ3) is 2.63. The topological polar surface area (TPSA) is 0 Å². The molecule has 120 valence electrons. The summed E-state index contributed by atoms with van der Waals surface area (Å²) in [6.07, 6.45) is 0. The molecule has 0 atom stereocenters. The fraction of sp³-hybridized carbons (Fsp3) is 0. The molecule has 0 fully saturated rings. The van der Waals surface area contributed by atoms with Crippen molar-refractivity contribution >= 4 is 108 Å². The van der Waals surface area contributed by atoms with Gasteiger partial charge in [-0.15, -0.1) is 75.8 Å². The summed E-state index contributed by atoms with van der Waals surface area (Å²) in [7, 11) is 0. The molecular formula is C18H12S6. The molecule has 0 unspecified atom stereocenters. The summed E-state index contributed by atoms with van der Waals surface area (Å²) < 4.78 is 0. The Bertz CT molecular complexity index is 896. The maximum absolute atomic E-state index is 4.54. The van der Waals surface area contributed by atoms with Gasteiger partial charge in [0.2, 0.25) is 0 Å². The third-order valence-electron chi connectivity index (χ3n) is 4.21. The average molecular weight is 421 g/mol. The highest BCUT2D eigenvalue weighted by molar-refractivity contribution is 7.84. The van der Waals surface area contributed by atoms with Gasteiger partial charge in [0.25, 0.3) is 0 Å². The van der Waals surface area contributed by atoms with E-state index >= 15 is 0 Å². The van der Waals surface area contributed by atoms with Gasteiger partial charge in [0.05, 0.1) is 0 Å². The standard InChI is InChI=1S/C18H12S6/c19-13-1-7-8(2-14(13)20)10-4-17(23)18(24)6-12(10)11-5-16(22)15(21)3-9(7)11/h1-6,19-24H. The zero-order valence-corrected chi connectivity index (χ0v) is 17.5. The van der Waals surface area contributed by atoms with Crippen LogP contribution in [-0.2, 0) is 0 Å². The molecule has 0 aliphatic rings. The zero-order chi connectivity index (χ0) is 17.2. The van der Waals surface area contributed by atoms with Crippen molar-refractivity contribution < 1.29 is 0 Å². The van der Waals surface area contributed by atoms with Crippen molar-refractivity contribution in [2.24, 2.45) is 0 Å². The Morgan fingerprint density at radius 1 is 0.292 bits per heavy atom. The number of rotatable bonds is 0. The fourth-order valence-corrected chi connectivity index (χ4v) is 4.23. The van der Waals surface area contributed by atoms with Crippen LogP contribution in [0.5, 0.6) is 0 Å². The number of hydrogen-bond donors (Lipinski definition) is 6. The smallest absolute Gasteiger partial charge is 0.0180 e. The predicted octanol–water partition coefficient (Wildman–Crippen LogP) is 6.88. The predicted molar refractivity (Wildman–Crippen MR) is 122 cm³/mol. The lowest BCUT2D eigenvalue weighted by Gasteiger charge is -2.14. The summed E-state index contributed by atoms with van der Waals surface area (Å²) in [4.78, 5) is 5.08. The van der Waals surface area contributed by atoms with E-state index in [1.165, 1.54) is 0 Å². The molecule has 4 aromatic carbocycles. The highest BCUT2D eigenvalue weighted by Gasteiger charge is 2.13. The number of benzene rings is 4. The van der Waals surface area contributed by atoms with Crippen molar-refractivity contribution in [3.8, 4) is 0 Å². The molecule has 24 heavy (non-hydrogen) atoms. The van der Waals surface area contributed by atoms with Gasteiger partial charge in [-0.2, -0.15) is 0 Å². The van der Waals surface area contributed by atoms with Crippen molar-refractivity contribution in [2.75, 3.05) is 0 Å². The first-order valence-electron chi connectivity index (χ1n) is 7.06. The van der Waals surface area contributed by atoms with Gasteiger partial charge in [-0.05, 0) is 68.7 Å². The molecule has 0 saturated heterocycles. The van der Waals surface area contributed by atoms with Gasteiger partial charge in [0.1, 0.15) is 0 Å². The molecule has 0 aromatic heterocycles. The van der Waals surface area contributed by atoms with Gasteiger partial charge in [0, 0.05) is 29.4 Å². The molecule has 0 amide bonds. The first kappa shape index (κ1) is 17.2. The fourth-order valence-electron chi connectivity index (χ4n) is 3.07. The molecule has 0 N–H and O–H groups in total. The van der Waals surface area contributed by atoms with Crippen LogP contribution < -0.4 is 0 Å². The summed E-state index contributed by atoms with van der Waals surface area (Å²) in [6, 6.07) is 12.3. The number of hydrogen-bond acceptors (Lipinski definition) is 6. The molecule has 0 saturated carbocycles. The van der Waals surface area contributed by atoms with Crippen molar-refractivity contribution in [2.45, 2.75) is 29.4 Å². The van der Waals surface area contributed by atoms with Crippen molar-refractivity contribution in [1.29, 1.82) is 0 Å². The summed E-state index contributed by atoms with van der Waals surface area (Å²) in [6.45, 7) is 0. The quantitative estimate of drug-likeness (QED) is 0.130. The molecule has 6 heteroatoms. The van der Waals surface area contributed by atoms with Gasteiger partial charge in [0.15, 0.2) is 0 Å². The lowest BCUT2D eigenvalue weighted by Crippen LogP contribution is -1.87. The Morgan fingerprint density at radius 3 is 0.542 bits per heavy atom. The van der Waals surface area contributed by atoms with E-state index < -0.39 is 0 Å². The molecule has 0 aliphatic carbocycles. The Kier molecular flexibility index (Phi) is 4.43. The minimum atomic E-state index is 0.846. The van der Waals surface area contributed by atoms with Gasteiger partial charge in [-0.25, -0.2) is 0 Å². The molecule has 4 aromatic rings. The van der Waals surface area contributed by atoms with Crippen molar-refractivity contribution in [3.63, 3.8) is 0 Å². The van der Waals surface area contributed by atoms with Crippen LogP contribution in [0.15, 0.2) is 65.8 Å². The van der Waals surface area contributed by atoms with Crippen molar-refractivity contribution in [3.05, 3.63) is 36.4 Å². The Hall–Kier alpha value is -0.240. The second-order valence-electron chi connectivity index (χ2n) is 5.66. The van der Waals surface area contributed by atoms with Crippen LogP contribution in [0, 0.1) is 0 Å². The van der Waals surface area contributed by atoms with E-state index in [2.05, 4.69) is 112 Å². The second-order valence-corrected chi connectivity index (χ2v) is 8.55. The molecule has 0 spiro atoms. The first-order valence-corrected chi connectivity index (χ1v) is 9.74. The minimum Gasteiger partial charge on any atom is -0.142 e. The Labute approximate surface area is 172 Å².